The van der Waals surface area contributed by atoms with Gasteiger partial charge in [-0.2, -0.15) is 0 Å². The zero-order chi connectivity index (χ0) is 21.1. The largest absolute Gasteiger partial charge is 0.481 e. The number of carbonyl (C=O) groups excluding carboxylic acids is 1. The molecule has 0 aliphatic heterocycles. The number of aromatic amines is 1. The van der Waals surface area contributed by atoms with E-state index in [0.717, 1.165) is 28.9 Å². The summed E-state index contributed by atoms with van der Waals surface area (Å²) in [5, 5.41) is 14.2. The van der Waals surface area contributed by atoms with Crippen LogP contribution >= 0.6 is 11.6 Å². The smallest absolute Gasteiger partial charge is 0.305 e. The molecule has 3 N–H and O–H groups in total. The Kier molecular flexibility index (Phi) is 5.79. The Morgan fingerprint density at radius 3 is 2.45 bits per heavy atom. The van der Waals surface area contributed by atoms with Gasteiger partial charge in [-0.05, 0) is 36.4 Å². The van der Waals surface area contributed by atoms with Gasteiger partial charge in [0.2, 0.25) is 0 Å². The molecule has 0 radical (unpaired) electrons. The lowest BCUT2D eigenvalue weighted by molar-refractivity contribution is -0.137. The van der Waals surface area contributed by atoms with Crippen molar-refractivity contribution in [2.45, 2.75) is 12.5 Å². The molecule has 0 saturated carbocycles. The van der Waals surface area contributed by atoms with Crippen molar-refractivity contribution in [1.29, 1.82) is 0 Å². The zero-order valence-corrected chi connectivity index (χ0v) is 15.4. The van der Waals surface area contributed by atoms with E-state index < -0.39 is 41.5 Å². The predicted octanol–water partition coefficient (Wildman–Crippen LogP) is 3.04. The summed E-state index contributed by atoms with van der Waals surface area (Å²) in [6.07, 6.45) is -0.590. The number of halogens is 3. The third-order valence-electron chi connectivity index (χ3n) is 4.07. The Balaban J connectivity index is 1.88. The van der Waals surface area contributed by atoms with Gasteiger partial charge in [-0.3, -0.25) is 19.5 Å². The summed E-state index contributed by atoms with van der Waals surface area (Å²) in [5.74, 6) is -3.35. The molecular formula is C19H14ClF2N3O4. The highest BCUT2D eigenvalue weighted by Gasteiger charge is 2.23. The molecule has 0 spiro atoms. The molecule has 0 fully saturated rings. The highest BCUT2D eigenvalue weighted by Crippen LogP contribution is 2.23. The van der Waals surface area contributed by atoms with Gasteiger partial charge in [0.15, 0.2) is 0 Å². The first kappa shape index (κ1) is 20.3. The molecule has 7 nitrogen and oxygen atoms in total. The van der Waals surface area contributed by atoms with E-state index in [2.05, 4.69) is 10.4 Å². The minimum atomic E-state index is -1.26. The third-order valence-corrected chi connectivity index (χ3v) is 4.31. The monoisotopic (exact) mass is 421 g/mol. The van der Waals surface area contributed by atoms with Crippen molar-refractivity contribution in [3.8, 4) is 5.69 Å². The van der Waals surface area contributed by atoms with Gasteiger partial charge in [0, 0.05) is 16.7 Å². The molecule has 1 unspecified atom stereocenters. The maximum atomic E-state index is 14.2. The van der Waals surface area contributed by atoms with Crippen LogP contribution in [0, 0.1) is 11.6 Å². The number of benzene rings is 2. The number of carboxylic acids is 1. The number of carboxylic acid groups (broad SMARTS) is 1. The van der Waals surface area contributed by atoms with Crippen LogP contribution in [0.1, 0.15) is 28.5 Å². The van der Waals surface area contributed by atoms with E-state index in [1.165, 1.54) is 24.3 Å². The second kappa shape index (κ2) is 8.27. The Labute approximate surface area is 167 Å². The molecular weight excluding hydrogens is 408 g/mol. The molecule has 3 aromatic rings. The summed E-state index contributed by atoms with van der Waals surface area (Å²) in [5.41, 5.74) is -0.537. The lowest BCUT2D eigenvalue weighted by Gasteiger charge is -2.18. The van der Waals surface area contributed by atoms with Crippen LogP contribution in [0.15, 0.2) is 53.3 Å². The van der Waals surface area contributed by atoms with Crippen LogP contribution < -0.4 is 10.9 Å². The molecule has 10 heteroatoms. The van der Waals surface area contributed by atoms with Gasteiger partial charge in [0.25, 0.3) is 11.5 Å². The van der Waals surface area contributed by atoms with Gasteiger partial charge in [0.1, 0.15) is 17.3 Å². The van der Waals surface area contributed by atoms with Gasteiger partial charge in [-0.15, -0.1) is 0 Å². The highest BCUT2D eigenvalue weighted by molar-refractivity contribution is 6.30. The fourth-order valence-corrected chi connectivity index (χ4v) is 2.89. The van der Waals surface area contributed by atoms with Crippen LogP contribution in [-0.2, 0) is 4.79 Å². The summed E-state index contributed by atoms with van der Waals surface area (Å²) >= 11 is 5.71. The summed E-state index contributed by atoms with van der Waals surface area (Å²) in [4.78, 5) is 35.8. The molecule has 1 aromatic heterocycles. The molecule has 1 heterocycles. The Bertz CT molecular complexity index is 1130. The number of nitrogens with zero attached hydrogens (tertiary/aromatic N) is 1. The normalized spacial score (nSPS) is 11.8. The topological polar surface area (TPSA) is 104 Å². The van der Waals surface area contributed by atoms with Crippen molar-refractivity contribution >= 4 is 23.5 Å². The first-order chi connectivity index (χ1) is 13.7. The fraction of sp³-hybridized carbons (Fsp3) is 0.105. The van der Waals surface area contributed by atoms with Crippen molar-refractivity contribution in [3.63, 3.8) is 0 Å². The Morgan fingerprint density at radius 2 is 1.83 bits per heavy atom. The number of aromatic nitrogens is 2. The molecule has 1 amide bonds. The molecule has 2 aromatic carbocycles. The van der Waals surface area contributed by atoms with Crippen molar-refractivity contribution in [2.75, 3.05) is 0 Å². The summed E-state index contributed by atoms with van der Waals surface area (Å²) < 4.78 is 28.3. The first-order valence-corrected chi connectivity index (χ1v) is 8.68. The summed E-state index contributed by atoms with van der Waals surface area (Å²) in [6, 6.07) is 8.42. The van der Waals surface area contributed by atoms with Crippen LogP contribution in [0.3, 0.4) is 0 Å². The lowest BCUT2D eigenvalue weighted by Crippen LogP contribution is -2.31. The summed E-state index contributed by atoms with van der Waals surface area (Å²) in [6.45, 7) is 0. The number of carbonyl (C=O) groups is 2. The van der Waals surface area contributed by atoms with E-state index in [1.807, 2.05) is 0 Å². The van der Waals surface area contributed by atoms with E-state index in [0.29, 0.717) is 5.69 Å². The zero-order valence-electron chi connectivity index (χ0n) is 14.7. The van der Waals surface area contributed by atoms with E-state index in [-0.39, 0.29) is 16.3 Å². The quantitative estimate of drug-likeness (QED) is 0.569. The van der Waals surface area contributed by atoms with Crippen molar-refractivity contribution in [1.82, 2.24) is 15.1 Å². The molecule has 150 valence electrons. The second-order valence-corrected chi connectivity index (χ2v) is 6.55. The Morgan fingerprint density at radius 1 is 1.14 bits per heavy atom. The molecule has 0 aliphatic rings. The van der Waals surface area contributed by atoms with Gasteiger partial charge in [-0.25, -0.2) is 13.5 Å². The lowest BCUT2D eigenvalue weighted by atomic mass is 10.0. The second-order valence-electron chi connectivity index (χ2n) is 6.11. The average Bonchev–Trinajstić information content (AvgIpc) is 3.03. The molecule has 3 rings (SSSR count). The standard InChI is InChI=1S/C19H14ClF2N3O4/c20-10-1-6-13(14(22)7-10)15(9-18(27)28)23-19(29)16-8-17(26)25(24-16)12-4-2-11(21)3-5-12/h1-8,15,24H,9H2,(H,23,29)(H,27,28). The average molecular weight is 422 g/mol. The van der Waals surface area contributed by atoms with Crippen molar-refractivity contribution in [2.24, 2.45) is 0 Å². The molecule has 0 saturated heterocycles. The van der Waals surface area contributed by atoms with Crippen LogP contribution in [-0.4, -0.2) is 26.8 Å². The maximum Gasteiger partial charge on any atom is 0.305 e. The number of hydrogen-bond donors (Lipinski definition) is 3. The number of rotatable bonds is 6. The molecule has 0 aliphatic carbocycles. The predicted molar refractivity (Wildman–Crippen MR) is 100 cm³/mol. The van der Waals surface area contributed by atoms with E-state index in [1.54, 1.807) is 0 Å². The molecule has 0 bridgehead atoms. The maximum absolute atomic E-state index is 14.2. The minimum absolute atomic E-state index is 0.0644. The van der Waals surface area contributed by atoms with Crippen LogP contribution in [0.25, 0.3) is 5.69 Å². The number of hydrogen-bond acceptors (Lipinski definition) is 3. The first-order valence-electron chi connectivity index (χ1n) is 8.30. The van der Waals surface area contributed by atoms with Gasteiger partial charge < -0.3 is 10.4 Å². The van der Waals surface area contributed by atoms with Gasteiger partial charge in [0.05, 0.1) is 18.2 Å². The van der Waals surface area contributed by atoms with E-state index in [9.17, 15) is 23.2 Å². The van der Waals surface area contributed by atoms with Crippen LogP contribution in [0.5, 0.6) is 0 Å². The van der Waals surface area contributed by atoms with E-state index in [4.69, 9.17) is 16.7 Å². The van der Waals surface area contributed by atoms with Crippen molar-refractivity contribution in [3.05, 3.63) is 86.8 Å². The Hall–Kier alpha value is -3.46. The SMILES string of the molecule is O=C(O)CC(NC(=O)c1cc(=O)n(-c2ccc(F)cc2)[nH]1)c1ccc(Cl)cc1F. The van der Waals surface area contributed by atoms with E-state index >= 15 is 0 Å². The highest BCUT2D eigenvalue weighted by atomic mass is 35.5. The van der Waals surface area contributed by atoms with Gasteiger partial charge in [-0.1, -0.05) is 17.7 Å². The fourth-order valence-electron chi connectivity index (χ4n) is 2.73. The number of aliphatic carboxylic acids is 1. The van der Waals surface area contributed by atoms with Crippen LogP contribution in [0.2, 0.25) is 5.02 Å². The minimum Gasteiger partial charge on any atom is -0.481 e. The summed E-state index contributed by atoms with van der Waals surface area (Å²) in [7, 11) is 0. The number of H-pyrrole nitrogens is 1. The van der Waals surface area contributed by atoms with Crippen molar-refractivity contribution < 1.29 is 23.5 Å². The molecule has 1 atom stereocenters. The number of amides is 1. The molecule has 29 heavy (non-hydrogen) atoms. The van der Waals surface area contributed by atoms with Gasteiger partial charge >= 0.3 is 5.97 Å². The number of nitrogens with one attached hydrogen (secondary N) is 2. The van der Waals surface area contributed by atoms with Crippen LogP contribution in [0.4, 0.5) is 8.78 Å². The third kappa shape index (κ3) is 4.69.